The lowest BCUT2D eigenvalue weighted by molar-refractivity contribution is 0.245. The van der Waals surface area contributed by atoms with Gasteiger partial charge in [-0.2, -0.15) is 5.26 Å². The number of hydrogen-bond acceptors (Lipinski definition) is 2. The van der Waals surface area contributed by atoms with Gasteiger partial charge in [0.15, 0.2) is 0 Å². The van der Waals surface area contributed by atoms with Crippen molar-refractivity contribution in [1.29, 1.82) is 5.26 Å². The zero-order valence-corrected chi connectivity index (χ0v) is 13.8. The largest absolute Gasteiger partial charge is 0.294 e. The maximum absolute atomic E-state index is 9.26. The Morgan fingerprint density at radius 1 is 1.22 bits per heavy atom. The van der Waals surface area contributed by atoms with Gasteiger partial charge in [-0.25, -0.2) is 0 Å². The Morgan fingerprint density at radius 2 is 2.04 bits per heavy atom. The molecular formula is C21H22N2. The van der Waals surface area contributed by atoms with E-state index in [2.05, 4.69) is 55.2 Å². The first kappa shape index (κ1) is 15.5. The van der Waals surface area contributed by atoms with Crippen LogP contribution in [0.1, 0.15) is 41.7 Å². The van der Waals surface area contributed by atoms with Crippen molar-refractivity contribution in [2.75, 3.05) is 6.54 Å². The third-order valence-electron chi connectivity index (χ3n) is 4.73. The number of nitriles is 1. The van der Waals surface area contributed by atoms with Crippen molar-refractivity contribution in [3.8, 4) is 6.07 Å². The molecule has 0 N–H and O–H groups in total. The Labute approximate surface area is 138 Å². The Morgan fingerprint density at radius 3 is 2.83 bits per heavy atom. The molecule has 116 valence electrons. The molecule has 0 aromatic heterocycles. The van der Waals surface area contributed by atoms with Gasteiger partial charge in [0.2, 0.25) is 0 Å². The summed E-state index contributed by atoms with van der Waals surface area (Å²) in [6, 6.07) is 16.8. The molecule has 0 atom stereocenters. The molecule has 0 saturated heterocycles. The number of rotatable bonds is 3. The van der Waals surface area contributed by atoms with Crippen LogP contribution < -0.4 is 0 Å². The molecule has 2 heteroatoms. The third-order valence-corrected chi connectivity index (χ3v) is 4.73. The molecule has 1 aliphatic heterocycles. The lowest BCUT2D eigenvalue weighted by Crippen LogP contribution is -2.30. The molecule has 0 fully saturated rings. The van der Waals surface area contributed by atoms with Crippen molar-refractivity contribution in [1.82, 2.24) is 4.90 Å². The van der Waals surface area contributed by atoms with E-state index in [9.17, 15) is 5.26 Å². The molecule has 0 unspecified atom stereocenters. The summed E-state index contributed by atoms with van der Waals surface area (Å²) in [7, 11) is 0. The average Bonchev–Trinajstić information content (AvgIpc) is 2.60. The molecule has 1 heterocycles. The molecule has 0 radical (unpaired) electrons. The van der Waals surface area contributed by atoms with Crippen molar-refractivity contribution in [3.63, 3.8) is 0 Å². The number of benzene rings is 2. The summed E-state index contributed by atoms with van der Waals surface area (Å²) in [6.07, 6.45) is 3.26. The van der Waals surface area contributed by atoms with E-state index in [0.717, 1.165) is 37.2 Å². The number of fused-ring (bicyclic) bond motifs is 1. The highest BCUT2D eigenvalue weighted by Gasteiger charge is 2.19. The zero-order valence-electron chi connectivity index (χ0n) is 13.8. The van der Waals surface area contributed by atoms with Gasteiger partial charge in [-0.1, -0.05) is 42.5 Å². The molecule has 2 aromatic rings. The molecule has 0 aliphatic carbocycles. The van der Waals surface area contributed by atoms with Crippen LogP contribution in [0.3, 0.4) is 0 Å². The molecule has 2 aromatic carbocycles. The van der Waals surface area contributed by atoms with Crippen molar-refractivity contribution >= 4 is 5.57 Å². The van der Waals surface area contributed by atoms with E-state index >= 15 is 0 Å². The Bertz CT molecular complexity index is 781. The maximum Gasteiger partial charge on any atom is 0.0995 e. The van der Waals surface area contributed by atoms with Gasteiger partial charge in [0.1, 0.15) is 0 Å². The Balaban J connectivity index is 1.83. The maximum atomic E-state index is 9.26. The topological polar surface area (TPSA) is 27.0 Å². The van der Waals surface area contributed by atoms with Crippen LogP contribution in [-0.2, 0) is 19.5 Å². The molecule has 0 bridgehead atoms. The number of nitrogens with zero attached hydrogens (tertiary/aromatic N) is 2. The van der Waals surface area contributed by atoms with Gasteiger partial charge in [0, 0.05) is 19.6 Å². The van der Waals surface area contributed by atoms with Crippen LogP contribution in [0.15, 0.2) is 48.5 Å². The smallest absolute Gasteiger partial charge is 0.0995 e. The zero-order chi connectivity index (χ0) is 16.2. The van der Waals surface area contributed by atoms with Crippen LogP contribution in [0.4, 0.5) is 0 Å². The van der Waals surface area contributed by atoms with Gasteiger partial charge < -0.3 is 0 Å². The number of hydrogen-bond donors (Lipinski definition) is 0. The highest BCUT2D eigenvalue weighted by Crippen LogP contribution is 2.28. The fourth-order valence-corrected chi connectivity index (χ4v) is 3.34. The predicted octanol–water partition coefficient (Wildman–Crippen LogP) is 4.54. The van der Waals surface area contributed by atoms with Crippen molar-refractivity contribution in [2.45, 2.75) is 33.4 Å². The molecule has 3 rings (SSSR count). The van der Waals surface area contributed by atoms with Crippen LogP contribution in [0.5, 0.6) is 0 Å². The van der Waals surface area contributed by atoms with E-state index in [4.69, 9.17) is 0 Å². The Kier molecular flexibility index (Phi) is 4.60. The summed E-state index contributed by atoms with van der Waals surface area (Å²) in [6.45, 7) is 7.13. The van der Waals surface area contributed by atoms with Crippen LogP contribution in [0.25, 0.3) is 5.57 Å². The van der Waals surface area contributed by atoms with Gasteiger partial charge >= 0.3 is 0 Å². The monoisotopic (exact) mass is 302 g/mol. The van der Waals surface area contributed by atoms with E-state index in [1.54, 1.807) is 0 Å². The van der Waals surface area contributed by atoms with Crippen molar-refractivity contribution < 1.29 is 0 Å². The second kappa shape index (κ2) is 6.81. The third kappa shape index (κ3) is 3.21. The van der Waals surface area contributed by atoms with Crippen LogP contribution in [0, 0.1) is 11.3 Å². The van der Waals surface area contributed by atoms with E-state index in [-0.39, 0.29) is 0 Å². The summed E-state index contributed by atoms with van der Waals surface area (Å²) >= 11 is 0. The highest BCUT2D eigenvalue weighted by molar-refractivity contribution is 5.67. The standard InChI is InChI=1S/C21H22N2/c1-3-16(2)20-10-6-9-19-15-23(12-11-21(19)20)14-18-8-5-4-7-17(18)13-22/h3-10H,11-12,14-15H2,1-2H3/b16-3-. The molecule has 0 amide bonds. The van der Waals surface area contributed by atoms with Crippen LogP contribution in [-0.4, -0.2) is 11.4 Å². The van der Waals surface area contributed by atoms with E-state index in [1.165, 1.54) is 22.3 Å². The Hall–Kier alpha value is -2.37. The molecule has 0 spiro atoms. The first-order valence-electron chi connectivity index (χ1n) is 8.17. The molecule has 1 aliphatic rings. The second-order valence-electron chi connectivity index (χ2n) is 6.14. The second-order valence-corrected chi connectivity index (χ2v) is 6.14. The van der Waals surface area contributed by atoms with Gasteiger partial charge in [0.05, 0.1) is 11.6 Å². The fraction of sp³-hybridized carbons (Fsp3) is 0.286. The highest BCUT2D eigenvalue weighted by atomic mass is 15.1. The first-order chi connectivity index (χ1) is 11.2. The molecule has 23 heavy (non-hydrogen) atoms. The SMILES string of the molecule is C/C=C(/C)c1cccc2c1CCN(Cc1ccccc1C#N)C2. The van der Waals surface area contributed by atoms with Crippen molar-refractivity contribution in [3.05, 3.63) is 76.4 Å². The summed E-state index contributed by atoms with van der Waals surface area (Å²) in [5.74, 6) is 0. The lowest BCUT2D eigenvalue weighted by Gasteiger charge is -2.30. The quantitative estimate of drug-likeness (QED) is 0.832. The number of allylic oxidation sites excluding steroid dienone is 2. The van der Waals surface area contributed by atoms with Gasteiger partial charge in [-0.3, -0.25) is 4.90 Å². The average molecular weight is 302 g/mol. The van der Waals surface area contributed by atoms with Crippen LogP contribution in [0.2, 0.25) is 0 Å². The van der Waals surface area contributed by atoms with Crippen LogP contribution >= 0.6 is 0 Å². The van der Waals surface area contributed by atoms with Crippen molar-refractivity contribution in [2.24, 2.45) is 0 Å². The van der Waals surface area contributed by atoms with Gasteiger partial charge in [-0.15, -0.1) is 0 Å². The normalized spacial score (nSPS) is 15.1. The minimum atomic E-state index is 0.789. The summed E-state index contributed by atoms with van der Waals surface area (Å²) < 4.78 is 0. The molecule has 2 nitrogen and oxygen atoms in total. The lowest BCUT2D eigenvalue weighted by atomic mass is 9.91. The van der Waals surface area contributed by atoms with E-state index in [0.29, 0.717) is 0 Å². The fourth-order valence-electron chi connectivity index (χ4n) is 3.34. The summed E-state index contributed by atoms with van der Waals surface area (Å²) in [5.41, 5.74) is 7.57. The summed E-state index contributed by atoms with van der Waals surface area (Å²) in [4.78, 5) is 2.44. The van der Waals surface area contributed by atoms with Gasteiger partial charge in [0.25, 0.3) is 0 Å². The minimum Gasteiger partial charge on any atom is -0.294 e. The van der Waals surface area contributed by atoms with Gasteiger partial charge in [-0.05, 0) is 54.2 Å². The summed E-state index contributed by atoms with van der Waals surface area (Å²) in [5, 5.41) is 9.26. The molecule has 0 saturated carbocycles. The van der Waals surface area contributed by atoms with E-state index < -0.39 is 0 Å². The minimum absolute atomic E-state index is 0.789. The van der Waals surface area contributed by atoms with E-state index in [1.807, 2.05) is 18.2 Å². The first-order valence-corrected chi connectivity index (χ1v) is 8.17. The molecular weight excluding hydrogens is 280 g/mol. The predicted molar refractivity (Wildman–Crippen MR) is 94.7 cm³/mol.